The number of fused-ring (bicyclic) bond motifs is 1. The SMILES string of the molecule is COC(=O)C(C)Sc1nc2ccccc2n1CCc1ccccc1. The van der Waals surface area contributed by atoms with E-state index in [0.717, 1.165) is 29.2 Å². The standard InChI is InChI=1S/C19H20N2O2S/c1-14(18(22)23-2)24-19-20-16-10-6-7-11-17(16)21(19)13-12-15-8-4-3-5-9-15/h3-11,14H,12-13H2,1-2H3. The van der Waals surface area contributed by atoms with Crippen molar-refractivity contribution in [1.29, 1.82) is 0 Å². The zero-order valence-electron chi connectivity index (χ0n) is 13.8. The third-order valence-electron chi connectivity index (χ3n) is 3.90. The van der Waals surface area contributed by atoms with E-state index in [4.69, 9.17) is 9.72 Å². The molecular formula is C19H20N2O2S. The van der Waals surface area contributed by atoms with Crippen molar-refractivity contribution < 1.29 is 9.53 Å². The number of methoxy groups -OCH3 is 1. The Bertz CT molecular complexity index is 830. The molecule has 0 bridgehead atoms. The van der Waals surface area contributed by atoms with E-state index in [9.17, 15) is 4.79 Å². The lowest BCUT2D eigenvalue weighted by Crippen LogP contribution is -2.16. The van der Waals surface area contributed by atoms with Gasteiger partial charge in [0.05, 0.1) is 18.1 Å². The van der Waals surface area contributed by atoms with Crippen molar-refractivity contribution in [3.05, 3.63) is 60.2 Å². The van der Waals surface area contributed by atoms with Crippen LogP contribution in [0.25, 0.3) is 11.0 Å². The number of thioether (sulfide) groups is 1. The Hall–Kier alpha value is -2.27. The van der Waals surface area contributed by atoms with Crippen LogP contribution in [0, 0.1) is 0 Å². The van der Waals surface area contributed by atoms with E-state index in [1.807, 2.05) is 31.2 Å². The number of imidazole rings is 1. The Labute approximate surface area is 145 Å². The highest BCUT2D eigenvalue weighted by atomic mass is 32.2. The van der Waals surface area contributed by atoms with E-state index < -0.39 is 0 Å². The molecule has 0 aliphatic heterocycles. The largest absolute Gasteiger partial charge is 0.468 e. The summed E-state index contributed by atoms with van der Waals surface area (Å²) in [6.45, 7) is 2.66. The van der Waals surface area contributed by atoms with Gasteiger partial charge in [-0.05, 0) is 31.0 Å². The summed E-state index contributed by atoms with van der Waals surface area (Å²) in [5.41, 5.74) is 3.32. The van der Waals surface area contributed by atoms with Crippen molar-refractivity contribution in [3.8, 4) is 0 Å². The summed E-state index contributed by atoms with van der Waals surface area (Å²) in [7, 11) is 1.41. The van der Waals surface area contributed by atoms with Crippen LogP contribution in [0.3, 0.4) is 0 Å². The van der Waals surface area contributed by atoms with Crippen LogP contribution >= 0.6 is 11.8 Å². The molecule has 3 aromatic rings. The molecule has 1 atom stereocenters. The van der Waals surface area contributed by atoms with E-state index >= 15 is 0 Å². The topological polar surface area (TPSA) is 44.1 Å². The quantitative estimate of drug-likeness (QED) is 0.504. The van der Waals surface area contributed by atoms with Gasteiger partial charge in [0.1, 0.15) is 5.25 Å². The maximum Gasteiger partial charge on any atom is 0.318 e. The molecule has 0 N–H and O–H groups in total. The van der Waals surface area contributed by atoms with Gasteiger partial charge in [0.15, 0.2) is 5.16 Å². The van der Waals surface area contributed by atoms with Crippen molar-refractivity contribution in [2.75, 3.05) is 7.11 Å². The summed E-state index contributed by atoms with van der Waals surface area (Å²) in [4.78, 5) is 16.4. The van der Waals surface area contributed by atoms with Crippen LogP contribution in [0.4, 0.5) is 0 Å². The lowest BCUT2D eigenvalue weighted by molar-refractivity contribution is -0.139. The first-order valence-corrected chi connectivity index (χ1v) is 8.80. The van der Waals surface area contributed by atoms with Crippen LogP contribution in [0.5, 0.6) is 0 Å². The maximum atomic E-state index is 11.7. The van der Waals surface area contributed by atoms with Gasteiger partial charge in [0, 0.05) is 6.54 Å². The fourth-order valence-electron chi connectivity index (χ4n) is 2.62. The van der Waals surface area contributed by atoms with Gasteiger partial charge in [0.25, 0.3) is 0 Å². The Morgan fingerprint density at radius 2 is 1.88 bits per heavy atom. The van der Waals surface area contributed by atoms with Crippen molar-refractivity contribution in [2.24, 2.45) is 0 Å². The molecule has 0 amide bonds. The summed E-state index contributed by atoms with van der Waals surface area (Å²) < 4.78 is 7.02. The van der Waals surface area contributed by atoms with Gasteiger partial charge >= 0.3 is 5.97 Å². The number of hydrogen-bond acceptors (Lipinski definition) is 4. The van der Waals surface area contributed by atoms with Crippen LogP contribution in [0.1, 0.15) is 12.5 Å². The van der Waals surface area contributed by atoms with Gasteiger partial charge in [-0.1, -0.05) is 54.2 Å². The lowest BCUT2D eigenvalue weighted by atomic mass is 10.1. The molecule has 4 nitrogen and oxygen atoms in total. The number of carbonyl (C=O) groups excluding carboxylic acids is 1. The lowest BCUT2D eigenvalue weighted by Gasteiger charge is -2.12. The second-order valence-electron chi connectivity index (χ2n) is 5.55. The van der Waals surface area contributed by atoms with Gasteiger partial charge in [-0.15, -0.1) is 0 Å². The highest BCUT2D eigenvalue weighted by Crippen LogP contribution is 2.28. The zero-order chi connectivity index (χ0) is 16.9. The average Bonchev–Trinajstić information content (AvgIpc) is 2.97. The van der Waals surface area contributed by atoms with Gasteiger partial charge < -0.3 is 9.30 Å². The third-order valence-corrected chi connectivity index (χ3v) is 4.97. The maximum absolute atomic E-state index is 11.7. The first-order chi connectivity index (χ1) is 11.7. The molecule has 24 heavy (non-hydrogen) atoms. The minimum absolute atomic E-state index is 0.235. The summed E-state index contributed by atoms with van der Waals surface area (Å²) in [6, 6.07) is 18.5. The number of aromatic nitrogens is 2. The van der Waals surface area contributed by atoms with Crippen molar-refractivity contribution in [1.82, 2.24) is 9.55 Å². The zero-order valence-corrected chi connectivity index (χ0v) is 14.6. The summed E-state index contributed by atoms with van der Waals surface area (Å²) in [6.07, 6.45) is 0.918. The molecule has 3 rings (SSSR count). The summed E-state index contributed by atoms with van der Waals surface area (Å²) in [5.74, 6) is -0.235. The Morgan fingerprint density at radius 3 is 2.62 bits per heavy atom. The predicted octanol–water partition coefficient (Wildman–Crippen LogP) is 3.93. The molecule has 0 saturated carbocycles. The van der Waals surface area contributed by atoms with Crippen LogP contribution in [-0.2, 0) is 22.5 Å². The van der Waals surface area contributed by atoms with Crippen LogP contribution in [0.2, 0.25) is 0 Å². The molecule has 0 aliphatic carbocycles. The molecule has 2 aromatic carbocycles. The number of esters is 1. The van der Waals surface area contributed by atoms with Crippen molar-refractivity contribution in [3.63, 3.8) is 0 Å². The van der Waals surface area contributed by atoms with E-state index in [-0.39, 0.29) is 11.2 Å². The molecule has 0 spiro atoms. The fourth-order valence-corrected chi connectivity index (χ4v) is 3.59. The first kappa shape index (κ1) is 16.6. The van der Waals surface area contributed by atoms with Gasteiger partial charge in [0.2, 0.25) is 0 Å². The van der Waals surface area contributed by atoms with Gasteiger partial charge in [-0.2, -0.15) is 0 Å². The van der Waals surface area contributed by atoms with Crippen LogP contribution in [0.15, 0.2) is 59.8 Å². The second kappa shape index (κ2) is 7.53. The number of para-hydroxylation sites is 2. The van der Waals surface area contributed by atoms with E-state index in [1.54, 1.807) is 0 Å². The number of nitrogens with zero attached hydrogens (tertiary/aromatic N) is 2. The van der Waals surface area contributed by atoms with Crippen molar-refractivity contribution >= 4 is 28.8 Å². The predicted molar refractivity (Wildman–Crippen MR) is 97.2 cm³/mol. The number of carbonyl (C=O) groups is 1. The minimum Gasteiger partial charge on any atom is -0.468 e. The number of benzene rings is 2. The van der Waals surface area contributed by atoms with Crippen LogP contribution < -0.4 is 0 Å². The average molecular weight is 340 g/mol. The Morgan fingerprint density at radius 1 is 1.17 bits per heavy atom. The molecule has 0 aliphatic rings. The molecule has 0 fully saturated rings. The Balaban J connectivity index is 1.88. The highest BCUT2D eigenvalue weighted by Gasteiger charge is 2.19. The highest BCUT2D eigenvalue weighted by molar-refractivity contribution is 8.00. The first-order valence-electron chi connectivity index (χ1n) is 7.92. The van der Waals surface area contributed by atoms with Crippen LogP contribution in [-0.4, -0.2) is 27.9 Å². The molecule has 1 aromatic heterocycles. The molecule has 124 valence electrons. The van der Waals surface area contributed by atoms with Gasteiger partial charge in [-0.25, -0.2) is 4.98 Å². The normalized spacial score (nSPS) is 12.2. The monoisotopic (exact) mass is 340 g/mol. The fraction of sp³-hybridized carbons (Fsp3) is 0.263. The third kappa shape index (κ3) is 3.62. The Kier molecular flexibility index (Phi) is 5.20. The molecule has 0 saturated heterocycles. The smallest absolute Gasteiger partial charge is 0.318 e. The molecule has 1 unspecified atom stereocenters. The molecule has 5 heteroatoms. The van der Waals surface area contributed by atoms with E-state index in [1.165, 1.54) is 24.4 Å². The molecule has 1 heterocycles. The number of aryl methyl sites for hydroxylation is 2. The molecular weight excluding hydrogens is 320 g/mol. The summed E-state index contributed by atoms with van der Waals surface area (Å²) in [5, 5.41) is 0.562. The van der Waals surface area contributed by atoms with Gasteiger partial charge in [-0.3, -0.25) is 4.79 Å². The van der Waals surface area contributed by atoms with E-state index in [2.05, 4.69) is 34.9 Å². The number of hydrogen-bond donors (Lipinski definition) is 0. The minimum atomic E-state index is -0.290. The second-order valence-corrected chi connectivity index (χ2v) is 6.86. The van der Waals surface area contributed by atoms with Crippen molar-refractivity contribution in [2.45, 2.75) is 30.3 Å². The number of rotatable bonds is 6. The number of ether oxygens (including phenoxy) is 1. The summed E-state index contributed by atoms with van der Waals surface area (Å²) >= 11 is 1.44. The van der Waals surface area contributed by atoms with E-state index in [0.29, 0.717) is 0 Å². The molecule has 0 radical (unpaired) electrons.